The zero-order valence-corrected chi connectivity index (χ0v) is 12.6. The van der Waals surface area contributed by atoms with Crippen LogP contribution in [0.25, 0.3) is 0 Å². The maximum absolute atomic E-state index is 12.0. The van der Waals surface area contributed by atoms with Gasteiger partial charge in [-0.1, -0.05) is 17.7 Å². The van der Waals surface area contributed by atoms with Gasteiger partial charge in [-0.2, -0.15) is 0 Å². The van der Waals surface area contributed by atoms with Crippen molar-refractivity contribution in [3.05, 3.63) is 57.3 Å². The second-order valence-corrected chi connectivity index (χ2v) is 5.41. The number of halogens is 2. The Morgan fingerprint density at radius 3 is 2.95 bits per heavy atom. The van der Waals surface area contributed by atoms with Gasteiger partial charge < -0.3 is 5.32 Å². The van der Waals surface area contributed by atoms with Crippen molar-refractivity contribution in [2.24, 2.45) is 0 Å². The van der Waals surface area contributed by atoms with Crippen LogP contribution in [0.5, 0.6) is 0 Å². The number of anilines is 1. The van der Waals surface area contributed by atoms with E-state index in [1.165, 1.54) is 0 Å². The van der Waals surface area contributed by atoms with Gasteiger partial charge in [-0.25, -0.2) is 0 Å². The number of carbonyl (C=O) groups is 1. The van der Waals surface area contributed by atoms with Crippen LogP contribution in [0.3, 0.4) is 0 Å². The fraction of sp³-hybridized carbons (Fsp3) is 0.143. The van der Waals surface area contributed by atoms with Crippen molar-refractivity contribution < 1.29 is 4.79 Å². The summed E-state index contributed by atoms with van der Waals surface area (Å²) in [5.74, 6) is -0.121. The largest absolute Gasteiger partial charge is 0.325 e. The van der Waals surface area contributed by atoms with Crippen molar-refractivity contribution in [2.75, 3.05) is 5.32 Å². The van der Waals surface area contributed by atoms with Crippen LogP contribution in [-0.2, 0) is 11.2 Å². The lowest BCUT2D eigenvalue weighted by Gasteiger charge is -2.08. The van der Waals surface area contributed by atoms with Gasteiger partial charge in [0, 0.05) is 15.7 Å². The van der Waals surface area contributed by atoms with Crippen molar-refractivity contribution in [2.45, 2.75) is 13.3 Å². The van der Waals surface area contributed by atoms with E-state index in [-0.39, 0.29) is 12.3 Å². The Labute approximate surface area is 125 Å². The number of nitrogens with one attached hydrogen (secondary N) is 1. The van der Waals surface area contributed by atoms with Crippen LogP contribution in [0.2, 0.25) is 5.02 Å². The van der Waals surface area contributed by atoms with E-state index in [2.05, 4.69) is 26.2 Å². The first kappa shape index (κ1) is 14.0. The molecule has 2 aromatic rings. The molecule has 0 bridgehead atoms. The van der Waals surface area contributed by atoms with E-state index in [9.17, 15) is 4.79 Å². The number of rotatable bonds is 3. The van der Waals surface area contributed by atoms with Gasteiger partial charge in [0.2, 0.25) is 5.91 Å². The van der Waals surface area contributed by atoms with Crippen molar-refractivity contribution in [3.8, 4) is 0 Å². The monoisotopic (exact) mass is 338 g/mol. The lowest BCUT2D eigenvalue weighted by molar-refractivity contribution is -0.115. The van der Waals surface area contributed by atoms with Gasteiger partial charge in [-0.05, 0) is 52.7 Å². The van der Waals surface area contributed by atoms with E-state index >= 15 is 0 Å². The summed E-state index contributed by atoms with van der Waals surface area (Å²) in [6.45, 7) is 1.94. The number of carbonyl (C=O) groups excluding carboxylic acids is 1. The van der Waals surface area contributed by atoms with Crippen LogP contribution in [0.1, 0.15) is 11.3 Å². The van der Waals surface area contributed by atoms with Crippen LogP contribution < -0.4 is 5.32 Å². The average Bonchev–Trinajstić information content (AvgIpc) is 2.37. The van der Waals surface area contributed by atoms with Crippen LogP contribution in [0, 0.1) is 6.92 Å². The van der Waals surface area contributed by atoms with E-state index in [1.54, 1.807) is 24.4 Å². The number of aryl methyl sites for hydroxylation is 1. The first-order chi connectivity index (χ1) is 9.06. The predicted molar refractivity (Wildman–Crippen MR) is 80.5 cm³/mol. The summed E-state index contributed by atoms with van der Waals surface area (Å²) in [5, 5.41) is 3.39. The third-order valence-electron chi connectivity index (χ3n) is 2.65. The number of nitrogens with zero attached hydrogens (tertiary/aromatic N) is 1. The molecule has 0 aliphatic rings. The molecular formula is C14H12BrClN2O. The highest BCUT2D eigenvalue weighted by atomic mass is 79.9. The third-order valence-corrected chi connectivity index (χ3v) is 3.57. The molecule has 1 N–H and O–H groups in total. The van der Waals surface area contributed by atoms with Gasteiger partial charge in [-0.3, -0.25) is 9.78 Å². The molecule has 19 heavy (non-hydrogen) atoms. The van der Waals surface area contributed by atoms with Gasteiger partial charge in [-0.15, -0.1) is 0 Å². The molecule has 1 amide bonds. The molecule has 5 heteroatoms. The molecule has 98 valence electrons. The summed E-state index contributed by atoms with van der Waals surface area (Å²) in [4.78, 5) is 16.2. The number of amides is 1. The molecule has 1 heterocycles. The van der Waals surface area contributed by atoms with Crippen LogP contribution in [0.4, 0.5) is 5.69 Å². The summed E-state index contributed by atoms with van der Waals surface area (Å²) < 4.78 is 0.794. The molecule has 0 atom stereocenters. The SMILES string of the molecule is Cc1cccnc1CC(=O)Nc1cc(Cl)ccc1Br. The minimum absolute atomic E-state index is 0.121. The smallest absolute Gasteiger partial charge is 0.230 e. The Bertz CT molecular complexity index is 616. The molecule has 1 aromatic carbocycles. The molecule has 0 aliphatic carbocycles. The third kappa shape index (κ3) is 3.78. The fourth-order valence-electron chi connectivity index (χ4n) is 1.64. The molecule has 3 nitrogen and oxygen atoms in total. The van der Waals surface area contributed by atoms with Gasteiger partial charge in [0.15, 0.2) is 0 Å². The predicted octanol–water partition coefficient (Wildman–Crippen LogP) is 3.99. The van der Waals surface area contributed by atoms with Gasteiger partial charge in [0.25, 0.3) is 0 Å². The Balaban J connectivity index is 2.10. The first-order valence-electron chi connectivity index (χ1n) is 5.71. The summed E-state index contributed by atoms with van der Waals surface area (Å²) in [6.07, 6.45) is 1.93. The van der Waals surface area contributed by atoms with E-state index in [0.29, 0.717) is 10.7 Å². The van der Waals surface area contributed by atoms with Crippen LogP contribution in [-0.4, -0.2) is 10.9 Å². The Morgan fingerprint density at radius 2 is 2.21 bits per heavy atom. The number of hydrogen-bond donors (Lipinski definition) is 1. The van der Waals surface area contributed by atoms with Crippen molar-refractivity contribution in [1.82, 2.24) is 4.98 Å². The van der Waals surface area contributed by atoms with E-state index in [0.717, 1.165) is 15.7 Å². The van der Waals surface area contributed by atoms with E-state index < -0.39 is 0 Å². The molecule has 0 spiro atoms. The summed E-state index contributed by atoms with van der Waals surface area (Å²) in [6, 6.07) is 9.04. The second-order valence-electron chi connectivity index (χ2n) is 4.12. The Morgan fingerprint density at radius 1 is 1.42 bits per heavy atom. The maximum Gasteiger partial charge on any atom is 0.230 e. The molecule has 0 fully saturated rings. The summed E-state index contributed by atoms with van der Waals surface area (Å²) in [5.41, 5.74) is 2.44. The van der Waals surface area contributed by atoms with Gasteiger partial charge in [0.05, 0.1) is 17.8 Å². The molecule has 0 aliphatic heterocycles. The highest BCUT2D eigenvalue weighted by Crippen LogP contribution is 2.26. The number of benzene rings is 1. The minimum atomic E-state index is -0.121. The molecule has 1 aromatic heterocycles. The summed E-state index contributed by atoms with van der Waals surface area (Å²) in [7, 11) is 0. The van der Waals surface area contributed by atoms with Gasteiger partial charge in [0.1, 0.15) is 0 Å². The molecule has 0 unspecified atom stereocenters. The average molecular weight is 340 g/mol. The zero-order valence-electron chi connectivity index (χ0n) is 10.3. The molecule has 0 radical (unpaired) electrons. The van der Waals surface area contributed by atoms with Crippen molar-refractivity contribution in [3.63, 3.8) is 0 Å². The Hall–Kier alpha value is -1.39. The van der Waals surface area contributed by atoms with Crippen LogP contribution in [0.15, 0.2) is 41.0 Å². The quantitative estimate of drug-likeness (QED) is 0.919. The maximum atomic E-state index is 12.0. The molecule has 0 saturated carbocycles. The molecule has 0 saturated heterocycles. The highest BCUT2D eigenvalue weighted by Gasteiger charge is 2.09. The minimum Gasteiger partial charge on any atom is -0.325 e. The number of aromatic nitrogens is 1. The first-order valence-corrected chi connectivity index (χ1v) is 6.89. The van der Waals surface area contributed by atoms with Gasteiger partial charge >= 0.3 is 0 Å². The van der Waals surface area contributed by atoms with Crippen molar-refractivity contribution >= 4 is 39.1 Å². The van der Waals surface area contributed by atoms with E-state index in [4.69, 9.17) is 11.6 Å². The lowest BCUT2D eigenvalue weighted by Crippen LogP contribution is -2.16. The topological polar surface area (TPSA) is 42.0 Å². The highest BCUT2D eigenvalue weighted by molar-refractivity contribution is 9.10. The fourth-order valence-corrected chi connectivity index (χ4v) is 2.16. The standard InChI is InChI=1S/C14H12BrClN2O/c1-9-3-2-6-17-12(9)8-14(19)18-13-7-10(16)4-5-11(13)15/h2-7H,8H2,1H3,(H,18,19). The van der Waals surface area contributed by atoms with E-state index in [1.807, 2.05) is 19.1 Å². The molecule has 2 rings (SSSR count). The van der Waals surface area contributed by atoms with Crippen molar-refractivity contribution in [1.29, 1.82) is 0 Å². The summed E-state index contributed by atoms with van der Waals surface area (Å²) >= 11 is 9.27. The number of pyridine rings is 1. The zero-order chi connectivity index (χ0) is 13.8. The molecular weight excluding hydrogens is 328 g/mol. The van der Waals surface area contributed by atoms with Crippen LogP contribution >= 0.6 is 27.5 Å². The second kappa shape index (κ2) is 6.17. The normalized spacial score (nSPS) is 10.3. The lowest BCUT2D eigenvalue weighted by atomic mass is 10.1. The number of hydrogen-bond acceptors (Lipinski definition) is 2. The Kier molecular flexibility index (Phi) is 4.56.